The van der Waals surface area contributed by atoms with Crippen molar-refractivity contribution in [2.75, 3.05) is 26.3 Å². The maximum atomic E-state index is 5.50. The molecule has 3 heteroatoms. The minimum absolute atomic E-state index is 0.723. The second-order valence-electron chi connectivity index (χ2n) is 7.01. The normalized spacial score (nSPS) is 30.7. The van der Waals surface area contributed by atoms with E-state index in [1.54, 1.807) is 0 Å². The van der Waals surface area contributed by atoms with Crippen LogP contribution in [0, 0.1) is 5.92 Å². The average Bonchev–Trinajstić information content (AvgIpc) is 3.17. The third-order valence-electron chi connectivity index (χ3n) is 5.72. The van der Waals surface area contributed by atoms with Crippen LogP contribution >= 0.6 is 0 Å². The highest BCUT2D eigenvalue weighted by Gasteiger charge is 2.33. The van der Waals surface area contributed by atoms with Crippen molar-refractivity contribution < 1.29 is 4.74 Å². The Hall–Kier alpha value is -0.930. The lowest BCUT2D eigenvalue weighted by molar-refractivity contribution is 0.0409. The molecule has 2 atom stereocenters. The van der Waals surface area contributed by atoms with Gasteiger partial charge in [0, 0.05) is 43.6 Å². The quantitative estimate of drug-likeness (QED) is 0.854. The molecule has 1 aliphatic carbocycles. The van der Waals surface area contributed by atoms with Gasteiger partial charge in [-0.2, -0.15) is 0 Å². The van der Waals surface area contributed by atoms with Gasteiger partial charge < -0.3 is 4.74 Å². The zero-order valence-corrected chi connectivity index (χ0v) is 12.8. The fourth-order valence-electron chi connectivity index (χ4n) is 4.57. The minimum Gasteiger partial charge on any atom is -0.381 e. The molecule has 3 nitrogen and oxygen atoms in total. The number of fused-ring (bicyclic) bond motifs is 1. The average molecular weight is 286 g/mol. The molecule has 3 aliphatic rings. The van der Waals surface area contributed by atoms with E-state index in [2.05, 4.69) is 22.0 Å². The number of likely N-dealkylation sites (tertiary alicyclic amines) is 1. The molecular formula is C18H26N2O. The van der Waals surface area contributed by atoms with E-state index in [4.69, 9.17) is 4.74 Å². The van der Waals surface area contributed by atoms with E-state index in [0.717, 1.165) is 31.1 Å². The summed E-state index contributed by atoms with van der Waals surface area (Å²) in [5, 5.41) is 0. The molecule has 0 saturated carbocycles. The van der Waals surface area contributed by atoms with E-state index in [-0.39, 0.29) is 0 Å². The zero-order chi connectivity index (χ0) is 14.1. The summed E-state index contributed by atoms with van der Waals surface area (Å²) in [5.74, 6) is 1.60. The van der Waals surface area contributed by atoms with E-state index in [1.807, 2.05) is 6.20 Å². The highest BCUT2D eigenvalue weighted by molar-refractivity contribution is 5.28. The number of aryl methyl sites for hydroxylation is 1. The molecule has 2 aliphatic heterocycles. The van der Waals surface area contributed by atoms with Crippen molar-refractivity contribution in [1.29, 1.82) is 0 Å². The van der Waals surface area contributed by atoms with Crippen LogP contribution in [0.4, 0.5) is 0 Å². The fourth-order valence-corrected chi connectivity index (χ4v) is 4.57. The summed E-state index contributed by atoms with van der Waals surface area (Å²) in [6, 6.07) is 5.15. The van der Waals surface area contributed by atoms with Gasteiger partial charge in [-0.1, -0.05) is 6.07 Å². The van der Waals surface area contributed by atoms with Crippen LogP contribution in [0.5, 0.6) is 0 Å². The van der Waals surface area contributed by atoms with Crippen molar-refractivity contribution >= 4 is 0 Å². The molecule has 3 heterocycles. The molecule has 1 unspecified atom stereocenters. The lowest BCUT2D eigenvalue weighted by atomic mass is 9.92. The van der Waals surface area contributed by atoms with Gasteiger partial charge in [-0.3, -0.25) is 9.88 Å². The molecule has 0 spiro atoms. The molecule has 114 valence electrons. The maximum Gasteiger partial charge on any atom is 0.0480 e. The third-order valence-corrected chi connectivity index (χ3v) is 5.72. The first-order valence-corrected chi connectivity index (χ1v) is 8.66. The molecule has 0 aromatic carbocycles. The molecule has 0 bridgehead atoms. The summed E-state index contributed by atoms with van der Waals surface area (Å²) in [7, 11) is 0. The lowest BCUT2D eigenvalue weighted by Crippen LogP contribution is -2.37. The minimum atomic E-state index is 0.723. The Labute approximate surface area is 127 Å². The van der Waals surface area contributed by atoms with Gasteiger partial charge in [-0.05, 0) is 62.6 Å². The van der Waals surface area contributed by atoms with Gasteiger partial charge in [0.15, 0.2) is 0 Å². The Balaban J connectivity index is 1.35. The topological polar surface area (TPSA) is 25.4 Å². The monoisotopic (exact) mass is 286 g/mol. The molecule has 0 amide bonds. The standard InChI is InChI=1S/C18H26N2O/c1-2-15-3-4-16(18(15)19-8-1)12-14-5-9-20(13-14)17-6-10-21-11-7-17/h1-2,8,14,16-17H,3-7,9-13H2/t14-,16?/m0/s1. The predicted octanol–water partition coefficient (Wildman–Crippen LogP) is 3.00. The van der Waals surface area contributed by atoms with E-state index in [1.165, 1.54) is 62.9 Å². The van der Waals surface area contributed by atoms with Gasteiger partial charge in [0.2, 0.25) is 0 Å². The zero-order valence-electron chi connectivity index (χ0n) is 12.8. The van der Waals surface area contributed by atoms with Crippen LogP contribution in [0.15, 0.2) is 18.3 Å². The Kier molecular flexibility index (Phi) is 3.95. The predicted molar refractivity (Wildman–Crippen MR) is 83.4 cm³/mol. The molecule has 2 saturated heterocycles. The maximum absolute atomic E-state index is 5.50. The molecule has 1 aromatic heterocycles. The number of nitrogens with zero attached hydrogens (tertiary/aromatic N) is 2. The van der Waals surface area contributed by atoms with Gasteiger partial charge in [0.1, 0.15) is 0 Å². The number of hydrogen-bond acceptors (Lipinski definition) is 3. The van der Waals surface area contributed by atoms with Crippen molar-refractivity contribution in [2.24, 2.45) is 5.92 Å². The van der Waals surface area contributed by atoms with E-state index in [9.17, 15) is 0 Å². The number of hydrogen-bond donors (Lipinski definition) is 0. The Morgan fingerprint density at radius 3 is 3.00 bits per heavy atom. The molecule has 4 rings (SSSR count). The van der Waals surface area contributed by atoms with Crippen LogP contribution in [0.2, 0.25) is 0 Å². The highest BCUT2D eigenvalue weighted by atomic mass is 16.5. The van der Waals surface area contributed by atoms with Crippen molar-refractivity contribution in [3.8, 4) is 0 Å². The first-order chi connectivity index (χ1) is 10.4. The van der Waals surface area contributed by atoms with E-state index < -0.39 is 0 Å². The van der Waals surface area contributed by atoms with Gasteiger partial charge >= 0.3 is 0 Å². The number of ether oxygens (including phenoxy) is 1. The summed E-state index contributed by atoms with van der Waals surface area (Å²) in [4.78, 5) is 7.40. The van der Waals surface area contributed by atoms with Crippen LogP contribution in [0.3, 0.4) is 0 Å². The molecule has 2 fully saturated rings. The smallest absolute Gasteiger partial charge is 0.0480 e. The fraction of sp³-hybridized carbons (Fsp3) is 0.722. The van der Waals surface area contributed by atoms with Crippen LogP contribution < -0.4 is 0 Å². The second-order valence-corrected chi connectivity index (χ2v) is 7.01. The van der Waals surface area contributed by atoms with Gasteiger partial charge in [-0.25, -0.2) is 0 Å². The highest BCUT2D eigenvalue weighted by Crippen LogP contribution is 2.38. The van der Waals surface area contributed by atoms with Gasteiger partial charge in [-0.15, -0.1) is 0 Å². The van der Waals surface area contributed by atoms with E-state index >= 15 is 0 Å². The van der Waals surface area contributed by atoms with Crippen molar-refractivity contribution in [1.82, 2.24) is 9.88 Å². The summed E-state index contributed by atoms with van der Waals surface area (Å²) in [6.07, 6.45) is 9.74. The number of rotatable bonds is 3. The van der Waals surface area contributed by atoms with Crippen molar-refractivity contribution in [3.05, 3.63) is 29.6 Å². The van der Waals surface area contributed by atoms with Gasteiger partial charge in [0.25, 0.3) is 0 Å². The SMILES string of the molecule is c1cnc2c(c1)CCC2C[C@@H]1CCN(C2CCOCC2)C1. The molecular weight excluding hydrogens is 260 g/mol. The Morgan fingerprint density at radius 2 is 2.10 bits per heavy atom. The van der Waals surface area contributed by atoms with Crippen LogP contribution in [0.25, 0.3) is 0 Å². The number of pyridine rings is 1. The lowest BCUT2D eigenvalue weighted by Gasteiger charge is -2.31. The van der Waals surface area contributed by atoms with Crippen molar-refractivity contribution in [3.63, 3.8) is 0 Å². The van der Waals surface area contributed by atoms with Gasteiger partial charge in [0.05, 0.1) is 0 Å². The Bertz CT molecular complexity index is 484. The van der Waals surface area contributed by atoms with Crippen LogP contribution in [-0.2, 0) is 11.2 Å². The molecule has 0 radical (unpaired) electrons. The summed E-state index contributed by atoms with van der Waals surface area (Å²) in [5.41, 5.74) is 2.91. The van der Waals surface area contributed by atoms with Crippen LogP contribution in [-0.4, -0.2) is 42.2 Å². The summed E-state index contributed by atoms with van der Waals surface area (Å²) < 4.78 is 5.50. The first kappa shape index (κ1) is 13.7. The van der Waals surface area contributed by atoms with E-state index in [0.29, 0.717) is 0 Å². The second kappa shape index (κ2) is 6.05. The number of aromatic nitrogens is 1. The molecule has 1 aromatic rings. The largest absolute Gasteiger partial charge is 0.381 e. The van der Waals surface area contributed by atoms with Crippen LogP contribution in [0.1, 0.15) is 49.3 Å². The summed E-state index contributed by atoms with van der Waals surface area (Å²) >= 11 is 0. The van der Waals surface area contributed by atoms with Crippen molar-refractivity contribution in [2.45, 2.75) is 50.5 Å². The Morgan fingerprint density at radius 1 is 1.19 bits per heavy atom. The molecule has 0 N–H and O–H groups in total. The first-order valence-electron chi connectivity index (χ1n) is 8.66. The third kappa shape index (κ3) is 2.86. The summed E-state index contributed by atoms with van der Waals surface area (Å²) in [6.45, 7) is 4.54. The molecule has 21 heavy (non-hydrogen) atoms.